The number of ether oxygens (including phenoxy) is 1. The molecule has 1 aromatic rings. The summed E-state index contributed by atoms with van der Waals surface area (Å²) < 4.78 is 5.44. The third kappa shape index (κ3) is 4.91. The summed E-state index contributed by atoms with van der Waals surface area (Å²) >= 11 is 0. The molecule has 1 aromatic carbocycles. The van der Waals surface area contributed by atoms with Gasteiger partial charge in [-0.05, 0) is 50.1 Å². The van der Waals surface area contributed by atoms with E-state index >= 15 is 0 Å². The minimum Gasteiger partial charge on any atom is -0.493 e. The van der Waals surface area contributed by atoms with Gasteiger partial charge in [-0.1, -0.05) is 6.07 Å². The van der Waals surface area contributed by atoms with Gasteiger partial charge in [-0.25, -0.2) is 0 Å². The van der Waals surface area contributed by atoms with Crippen molar-refractivity contribution in [2.75, 3.05) is 13.2 Å². The molecule has 0 saturated heterocycles. The first-order chi connectivity index (χ1) is 10.3. The normalized spacial score (nSPS) is 13.6. The standard InChI is InChI=1S/C17H22N2O3/c1-17(2,3)19-16(21)11-18-15(20)7-5-12-4-6-14-13(10-12)8-9-22-14/h4-7,10H,8-9,11H2,1-3H3,(H,18,20)(H,19,21)/b7-5+. The van der Waals surface area contributed by atoms with Crippen LogP contribution in [0.15, 0.2) is 24.3 Å². The molecule has 0 aliphatic carbocycles. The van der Waals surface area contributed by atoms with Crippen LogP contribution in [0.4, 0.5) is 0 Å². The van der Waals surface area contributed by atoms with Crippen molar-refractivity contribution in [2.45, 2.75) is 32.7 Å². The van der Waals surface area contributed by atoms with Gasteiger partial charge in [0, 0.05) is 18.0 Å². The minimum absolute atomic E-state index is 0.0293. The third-order valence-corrected chi connectivity index (χ3v) is 3.08. The molecule has 0 saturated carbocycles. The predicted molar refractivity (Wildman–Crippen MR) is 85.6 cm³/mol. The SMILES string of the molecule is CC(C)(C)NC(=O)CNC(=O)/C=C/c1ccc2c(c1)CCO2. The van der Waals surface area contributed by atoms with Crippen molar-refractivity contribution in [1.29, 1.82) is 0 Å². The Morgan fingerprint density at radius 3 is 2.82 bits per heavy atom. The van der Waals surface area contributed by atoms with Gasteiger partial charge in [0.2, 0.25) is 11.8 Å². The molecule has 5 heteroatoms. The highest BCUT2D eigenvalue weighted by atomic mass is 16.5. The average molecular weight is 302 g/mol. The van der Waals surface area contributed by atoms with Gasteiger partial charge in [0.25, 0.3) is 0 Å². The van der Waals surface area contributed by atoms with E-state index in [-0.39, 0.29) is 23.9 Å². The second-order valence-electron chi connectivity index (χ2n) is 6.31. The molecule has 0 fully saturated rings. The highest BCUT2D eigenvalue weighted by molar-refractivity contribution is 5.94. The molecule has 2 rings (SSSR count). The molecule has 22 heavy (non-hydrogen) atoms. The van der Waals surface area contributed by atoms with Gasteiger partial charge in [0.15, 0.2) is 0 Å². The summed E-state index contributed by atoms with van der Waals surface area (Å²) in [4.78, 5) is 23.3. The number of carbonyl (C=O) groups is 2. The number of amides is 2. The molecular formula is C17H22N2O3. The van der Waals surface area contributed by atoms with E-state index in [9.17, 15) is 9.59 Å². The first-order valence-electron chi connectivity index (χ1n) is 7.36. The lowest BCUT2D eigenvalue weighted by Gasteiger charge is -2.20. The molecule has 5 nitrogen and oxygen atoms in total. The van der Waals surface area contributed by atoms with Crippen LogP contribution in [0.25, 0.3) is 6.08 Å². The van der Waals surface area contributed by atoms with E-state index in [0.717, 1.165) is 23.3 Å². The van der Waals surface area contributed by atoms with Crippen molar-refractivity contribution in [3.8, 4) is 5.75 Å². The van der Waals surface area contributed by atoms with Crippen molar-refractivity contribution < 1.29 is 14.3 Å². The Labute approximate surface area is 130 Å². The summed E-state index contributed by atoms with van der Waals surface area (Å²) in [5.41, 5.74) is 1.80. The van der Waals surface area contributed by atoms with E-state index in [1.807, 2.05) is 39.0 Å². The van der Waals surface area contributed by atoms with Gasteiger partial charge in [-0.15, -0.1) is 0 Å². The number of rotatable bonds is 4. The molecule has 0 unspecified atom stereocenters. The van der Waals surface area contributed by atoms with E-state index < -0.39 is 0 Å². The Hall–Kier alpha value is -2.30. The van der Waals surface area contributed by atoms with E-state index in [1.165, 1.54) is 6.08 Å². The van der Waals surface area contributed by atoms with E-state index in [4.69, 9.17) is 4.74 Å². The van der Waals surface area contributed by atoms with Crippen LogP contribution in [-0.2, 0) is 16.0 Å². The van der Waals surface area contributed by atoms with Gasteiger partial charge in [-0.3, -0.25) is 9.59 Å². The summed E-state index contributed by atoms with van der Waals surface area (Å²) in [5, 5.41) is 5.35. The molecule has 1 heterocycles. The summed E-state index contributed by atoms with van der Waals surface area (Å²) in [6.07, 6.45) is 4.06. The Bertz CT molecular complexity index is 600. The second-order valence-corrected chi connectivity index (χ2v) is 6.31. The molecule has 0 radical (unpaired) electrons. The lowest BCUT2D eigenvalue weighted by molar-refractivity contribution is -0.124. The van der Waals surface area contributed by atoms with Gasteiger partial charge in [0.1, 0.15) is 5.75 Å². The molecule has 1 aliphatic heterocycles. The Morgan fingerprint density at radius 1 is 1.32 bits per heavy atom. The van der Waals surface area contributed by atoms with Gasteiger partial charge < -0.3 is 15.4 Å². The zero-order valence-electron chi connectivity index (χ0n) is 13.2. The largest absolute Gasteiger partial charge is 0.493 e. The summed E-state index contributed by atoms with van der Waals surface area (Å²) in [6.45, 7) is 6.36. The highest BCUT2D eigenvalue weighted by Gasteiger charge is 2.14. The predicted octanol–water partition coefficient (Wildman–Crippen LogP) is 1.67. The quantitative estimate of drug-likeness (QED) is 0.831. The Morgan fingerprint density at radius 2 is 2.09 bits per heavy atom. The number of carbonyl (C=O) groups excluding carboxylic acids is 2. The number of hydrogen-bond acceptors (Lipinski definition) is 3. The van der Waals surface area contributed by atoms with Crippen LogP contribution in [-0.4, -0.2) is 30.5 Å². The lowest BCUT2D eigenvalue weighted by Crippen LogP contribution is -2.45. The van der Waals surface area contributed by atoms with Crippen LogP contribution in [0, 0.1) is 0 Å². The molecule has 0 atom stereocenters. The fraction of sp³-hybridized carbons (Fsp3) is 0.412. The Balaban J connectivity index is 1.83. The van der Waals surface area contributed by atoms with Gasteiger partial charge >= 0.3 is 0 Å². The summed E-state index contributed by atoms with van der Waals surface area (Å²) in [7, 11) is 0. The van der Waals surface area contributed by atoms with Crippen LogP contribution >= 0.6 is 0 Å². The van der Waals surface area contributed by atoms with Gasteiger partial charge in [0.05, 0.1) is 13.2 Å². The van der Waals surface area contributed by atoms with Crippen LogP contribution in [0.3, 0.4) is 0 Å². The molecular weight excluding hydrogens is 280 g/mol. The molecule has 1 aliphatic rings. The van der Waals surface area contributed by atoms with E-state index in [1.54, 1.807) is 6.08 Å². The van der Waals surface area contributed by atoms with Crippen LogP contribution in [0.5, 0.6) is 5.75 Å². The fourth-order valence-electron chi connectivity index (χ4n) is 2.17. The summed E-state index contributed by atoms with van der Waals surface area (Å²) in [5.74, 6) is 0.421. The van der Waals surface area contributed by atoms with Crippen molar-refractivity contribution in [3.63, 3.8) is 0 Å². The number of nitrogens with one attached hydrogen (secondary N) is 2. The monoisotopic (exact) mass is 302 g/mol. The summed E-state index contributed by atoms with van der Waals surface area (Å²) in [6, 6.07) is 5.83. The maximum absolute atomic E-state index is 11.7. The molecule has 118 valence electrons. The third-order valence-electron chi connectivity index (χ3n) is 3.08. The minimum atomic E-state index is -0.301. The molecule has 0 aromatic heterocycles. The fourth-order valence-corrected chi connectivity index (χ4v) is 2.17. The lowest BCUT2D eigenvalue weighted by atomic mass is 10.1. The first kappa shape index (κ1) is 16.1. The van der Waals surface area contributed by atoms with E-state index in [0.29, 0.717) is 6.61 Å². The van der Waals surface area contributed by atoms with E-state index in [2.05, 4.69) is 10.6 Å². The molecule has 2 amide bonds. The topological polar surface area (TPSA) is 67.4 Å². The maximum Gasteiger partial charge on any atom is 0.244 e. The number of fused-ring (bicyclic) bond motifs is 1. The number of benzene rings is 1. The Kier molecular flexibility index (Phi) is 4.85. The molecule has 0 bridgehead atoms. The highest BCUT2D eigenvalue weighted by Crippen LogP contribution is 2.26. The van der Waals surface area contributed by atoms with Gasteiger partial charge in [-0.2, -0.15) is 0 Å². The maximum atomic E-state index is 11.7. The van der Waals surface area contributed by atoms with Crippen molar-refractivity contribution in [1.82, 2.24) is 10.6 Å². The van der Waals surface area contributed by atoms with Crippen LogP contribution in [0.1, 0.15) is 31.9 Å². The second kappa shape index (κ2) is 6.64. The average Bonchev–Trinajstić information content (AvgIpc) is 2.88. The van der Waals surface area contributed by atoms with Crippen molar-refractivity contribution in [2.24, 2.45) is 0 Å². The zero-order chi connectivity index (χ0) is 16.2. The molecule has 0 spiro atoms. The van der Waals surface area contributed by atoms with Crippen molar-refractivity contribution >= 4 is 17.9 Å². The smallest absolute Gasteiger partial charge is 0.244 e. The van der Waals surface area contributed by atoms with Crippen LogP contribution in [0.2, 0.25) is 0 Å². The van der Waals surface area contributed by atoms with Crippen molar-refractivity contribution in [3.05, 3.63) is 35.4 Å². The molecule has 2 N–H and O–H groups in total. The first-order valence-corrected chi connectivity index (χ1v) is 7.36. The van der Waals surface area contributed by atoms with Crippen LogP contribution < -0.4 is 15.4 Å². The zero-order valence-corrected chi connectivity index (χ0v) is 13.2. The number of hydrogen-bond donors (Lipinski definition) is 2.